The number of nitrogens with zero attached hydrogens (tertiary/aromatic N) is 3. The lowest BCUT2D eigenvalue weighted by atomic mass is 10.1. The molecule has 0 aliphatic heterocycles. The first kappa shape index (κ1) is 33.8. The number of esters is 1. The fourth-order valence-corrected chi connectivity index (χ4v) is 3.80. The van der Waals surface area contributed by atoms with E-state index in [0.717, 1.165) is 11.3 Å². The minimum atomic E-state index is -0.983. The van der Waals surface area contributed by atoms with Gasteiger partial charge in [-0.2, -0.15) is 0 Å². The molecule has 3 aromatic rings. The highest BCUT2D eigenvalue weighted by molar-refractivity contribution is 5.86. The zero-order valence-electron chi connectivity index (χ0n) is 26.5. The number of anilines is 1. The first-order valence-electron chi connectivity index (χ1n) is 14.4. The first-order chi connectivity index (χ1) is 20.7. The molecule has 1 aromatic carbocycles. The molecule has 0 saturated carbocycles. The van der Waals surface area contributed by atoms with E-state index in [9.17, 15) is 14.4 Å². The number of hydrogen-bond acceptors (Lipinski definition) is 9. The molecule has 2 heterocycles. The summed E-state index contributed by atoms with van der Waals surface area (Å²) in [5.74, 6) is 0.276. The van der Waals surface area contributed by atoms with Crippen molar-refractivity contribution in [2.45, 2.75) is 78.2 Å². The Morgan fingerprint density at radius 2 is 1.57 bits per heavy atom. The summed E-state index contributed by atoms with van der Waals surface area (Å²) in [6.45, 7) is 11.1. The lowest BCUT2D eigenvalue weighted by Crippen LogP contribution is -2.45. The quantitative estimate of drug-likeness (QED) is 0.217. The number of amides is 2. The highest BCUT2D eigenvalue weighted by atomic mass is 16.6. The fourth-order valence-electron chi connectivity index (χ4n) is 3.80. The Balaban J connectivity index is 1.56. The van der Waals surface area contributed by atoms with Crippen LogP contribution in [0.2, 0.25) is 0 Å². The van der Waals surface area contributed by atoms with Crippen LogP contribution in [0.4, 0.5) is 15.4 Å². The number of benzene rings is 1. The summed E-state index contributed by atoms with van der Waals surface area (Å²) in [6.07, 6.45) is 0.987. The van der Waals surface area contributed by atoms with E-state index in [1.165, 1.54) is 4.90 Å². The maximum atomic E-state index is 12.9. The molecule has 1 atom stereocenters. The summed E-state index contributed by atoms with van der Waals surface area (Å²) >= 11 is 0. The number of pyridine rings is 2. The third kappa shape index (κ3) is 11.9. The summed E-state index contributed by atoms with van der Waals surface area (Å²) < 4.78 is 22.0. The smallest absolute Gasteiger partial charge is 0.415 e. The number of carbonyl (C=O) groups excluding carboxylic acids is 3. The third-order valence-corrected chi connectivity index (χ3v) is 5.84. The van der Waals surface area contributed by atoms with Gasteiger partial charge in [-0.1, -0.05) is 42.5 Å². The number of aromatic nitrogens is 2. The molecular formula is C33H42N4O7. The molecule has 2 aromatic heterocycles. The molecule has 0 aliphatic rings. The van der Waals surface area contributed by atoms with Gasteiger partial charge in [0.25, 0.3) is 0 Å². The molecule has 11 heteroatoms. The van der Waals surface area contributed by atoms with Gasteiger partial charge in [-0.25, -0.2) is 24.4 Å². The van der Waals surface area contributed by atoms with Crippen LogP contribution in [0, 0.1) is 0 Å². The molecule has 0 bridgehead atoms. The summed E-state index contributed by atoms with van der Waals surface area (Å²) in [7, 11) is 1.61. The van der Waals surface area contributed by atoms with Crippen LogP contribution in [0.5, 0.6) is 5.88 Å². The van der Waals surface area contributed by atoms with Crippen LogP contribution in [0.15, 0.2) is 66.9 Å². The van der Waals surface area contributed by atoms with E-state index in [2.05, 4.69) is 15.3 Å². The van der Waals surface area contributed by atoms with Crippen molar-refractivity contribution in [3.05, 3.63) is 83.7 Å². The number of alkyl carbamates (subject to hydrolysis) is 1. The van der Waals surface area contributed by atoms with Gasteiger partial charge in [0.15, 0.2) is 0 Å². The third-order valence-electron chi connectivity index (χ3n) is 5.84. The topological polar surface area (TPSA) is 129 Å². The minimum Gasteiger partial charge on any atom is -0.477 e. The summed E-state index contributed by atoms with van der Waals surface area (Å²) in [5.41, 5.74) is 0.908. The lowest BCUT2D eigenvalue weighted by Gasteiger charge is -2.24. The molecule has 2 amide bonds. The van der Waals surface area contributed by atoms with Gasteiger partial charge in [-0.3, -0.25) is 4.90 Å². The van der Waals surface area contributed by atoms with E-state index in [1.807, 2.05) is 42.5 Å². The molecule has 0 spiro atoms. The van der Waals surface area contributed by atoms with Gasteiger partial charge in [0.1, 0.15) is 29.7 Å². The summed E-state index contributed by atoms with van der Waals surface area (Å²) in [5, 5.41) is 2.62. The molecule has 0 radical (unpaired) electrons. The molecule has 3 rings (SSSR count). The number of carbonyl (C=O) groups is 3. The Bertz CT molecular complexity index is 1380. The number of rotatable bonds is 11. The first-order valence-corrected chi connectivity index (χ1v) is 14.4. The normalized spacial score (nSPS) is 12.1. The van der Waals surface area contributed by atoms with E-state index in [-0.39, 0.29) is 13.0 Å². The van der Waals surface area contributed by atoms with Crippen molar-refractivity contribution in [1.82, 2.24) is 15.3 Å². The maximum Gasteiger partial charge on any atom is 0.415 e. The largest absolute Gasteiger partial charge is 0.477 e. The molecule has 1 N–H and O–H groups in total. The Hall–Kier alpha value is -4.67. The predicted molar refractivity (Wildman–Crippen MR) is 165 cm³/mol. The SMILES string of the molecule is CN(C(=O)OC(C)(C)C)c1cccc(CCOc2ccc(C[C@H](NC(=O)OCc3ccccc3)C(=O)OC(C)(C)C)cn2)n1. The van der Waals surface area contributed by atoms with Crippen molar-refractivity contribution < 1.29 is 33.3 Å². The Morgan fingerprint density at radius 3 is 2.20 bits per heavy atom. The van der Waals surface area contributed by atoms with Crippen molar-refractivity contribution in [2.75, 3.05) is 18.6 Å². The second-order valence-corrected chi connectivity index (χ2v) is 12.1. The second-order valence-electron chi connectivity index (χ2n) is 12.1. The molecule has 11 nitrogen and oxygen atoms in total. The maximum absolute atomic E-state index is 12.9. The van der Waals surface area contributed by atoms with Gasteiger partial charge >= 0.3 is 18.2 Å². The van der Waals surface area contributed by atoms with Crippen molar-refractivity contribution in [2.24, 2.45) is 0 Å². The molecule has 0 fully saturated rings. The highest BCUT2D eigenvalue weighted by Gasteiger charge is 2.28. The monoisotopic (exact) mass is 606 g/mol. The van der Waals surface area contributed by atoms with E-state index in [1.54, 1.807) is 73.0 Å². The Labute approximate surface area is 258 Å². The van der Waals surface area contributed by atoms with Gasteiger partial charge in [-0.05, 0) is 64.8 Å². The van der Waals surface area contributed by atoms with Crippen LogP contribution in [-0.2, 0) is 38.5 Å². The van der Waals surface area contributed by atoms with Crippen molar-refractivity contribution >= 4 is 24.0 Å². The van der Waals surface area contributed by atoms with E-state index >= 15 is 0 Å². The van der Waals surface area contributed by atoms with Crippen LogP contribution in [0.1, 0.15) is 58.4 Å². The van der Waals surface area contributed by atoms with Crippen molar-refractivity contribution in [3.8, 4) is 5.88 Å². The second kappa shape index (κ2) is 15.2. The van der Waals surface area contributed by atoms with Gasteiger partial charge in [0.2, 0.25) is 5.88 Å². The van der Waals surface area contributed by atoms with Gasteiger partial charge in [-0.15, -0.1) is 0 Å². The molecule has 44 heavy (non-hydrogen) atoms. The van der Waals surface area contributed by atoms with Gasteiger partial charge in [0.05, 0.1) is 6.61 Å². The minimum absolute atomic E-state index is 0.0710. The van der Waals surface area contributed by atoms with Crippen LogP contribution < -0.4 is 15.0 Å². The molecule has 0 unspecified atom stereocenters. The number of ether oxygens (including phenoxy) is 4. The Kier molecular flexibility index (Phi) is 11.7. The van der Waals surface area contributed by atoms with Gasteiger partial charge in [0, 0.05) is 37.8 Å². The van der Waals surface area contributed by atoms with Crippen molar-refractivity contribution in [3.63, 3.8) is 0 Å². The Morgan fingerprint density at radius 1 is 0.864 bits per heavy atom. The zero-order chi connectivity index (χ0) is 32.3. The van der Waals surface area contributed by atoms with Gasteiger partial charge < -0.3 is 24.3 Å². The van der Waals surface area contributed by atoms with Crippen molar-refractivity contribution in [1.29, 1.82) is 0 Å². The molecular weight excluding hydrogens is 564 g/mol. The van der Waals surface area contributed by atoms with E-state index in [4.69, 9.17) is 18.9 Å². The van der Waals surface area contributed by atoms with Crippen LogP contribution in [-0.4, -0.2) is 59.0 Å². The standard InChI is InChI=1S/C33H42N4O7/c1-32(2,3)43-29(38)26(36-30(39)42-22-23-12-9-8-10-13-23)20-24-16-17-28(34-21-24)41-19-18-25-14-11-15-27(35-25)37(7)31(40)44-33(4,5)6/h8-17,21,26H,18-20,22H2,1-7H3,(H,36,39)/t26-/m0/s1. The fraction of sp³-hybridized carbons (Fsp3) is 0.424. The van der Waals surface area contributed by atoms with Crippen LogP contribution in [0.3, 0.4) is 0 Å². The number of hydrogen-bond donors (Lipinski definition) is 1. The highest BCUT2D eigenvalue weighted by Crippen LogP contribution is 2.17. The van der Waals surface area contributed by atoms with Crippen LogP contribution in [0.25, 0.3) is 0 Å². The molecule has 0 saturated heterocycles. The average molecular weight is 607 g/mol. The predicted octanol–water partition coefficient (Wildman–Crippen LogP) is 5.65. The number of nitrogens with one attached hydrogen (secondary N) is 1. The lowest BCUT2D eigenvalue weighted by molar-refractivity contribution is -0.157. The summed E-state index contributed by atoms with van der Waals surface area (Å²) in [6, 6.07) is 17.1. The molecule has 236 valence electrons. The zero-order valence-corrected chi connectivity index (χ0v) is 26.5. The van der Waals surface area contributed by atoms with E-state index in [0.29, 0.717) is 30.3 Å². The van der Waals surface area contributed by atoms with Crippen LogP contribution >= 0.6 is 0 Å². The summed E-state index contributed by atoms with van der Waals surface area (Å²) in [4.78, 5) is 48.0. The average Bonchev–Trinajstić information content (AvgIpc) is 2.95. The van der Waals surface area contributed by atoms with E-state index < -0.39 is 35.4 Å². The molecule has 0 aliphatic carbocycles.